The molecule has 2 aliphatic rings. The average Bonchev–Trinajstić information content (AvgIpc) is 2.81. The van der Waals surface area contributed by atoms with Crippen molar-refractivity contribution in [2.45, 2.75) is 50.8 Å². The van der Waals surface area contributed by atoms with Crippen LogP contribution in [0.2, 0.25) is 0 Å². The summed E-state index contributed by atoms with van der Waals surface area (Å²) in [6.07, 6.45) is 3.96. The lowest BCUT2D eigenvalue weighted by Gasteiger charge is -2.52. The first kappa shape index (κ1) is 14.3. The summed E-state index contributed by atoms with van der Waals surface area (Å²) in [4.78, 5) is 5.21. The van der Waals surface area contributed by atoms with Gasteiger partial charge < -0.3 is 10.5 Å². The van der Waals surface area contributed by atoms with E-state index in [1.807, 2.05) is 7.11 Å². The molecule has 4 nitrogen and oxygen atoms in total. The molecule has 0 aromatic carbocycles. The van der Waals surface area contributed by atoms with Gasteiger partial charge in [-0.1, -0.05) is 13.8 Å². The molecule has 1 saturated carbocycles. The summed E-state index contributed by atoms with van der Waals surface area (Å²) in [7, 11) is 1.81. The lowest BCUT2D eigenvalue weighted by molar-refractivity contribution is -0.0810. The number of nitrogens with zero attached hydrogens (tertiary/aromatic N) is 2. The highest BCUT2D eigenvalue weighted by Crippen LogP contribution is 2.41. The van der Waals surface area contributed by atoms with Crippen molar-refractivity contribution in [2.75, 3.05) is 39.8 Å². The second-order valence-electron chi connectivity index (χ2n) is 5.80. The number of likely N-dealkylation sites (N-methyl/N-ethyl adjacent to an activating group) is 1. The second-order valence-corrected chi connectivity index (χ2v) is 5.80. The molecule has 0 amide bonds. The van der Waals surface area contributed by atoms with Crippen LogP contribution in [0.5, 0.6) is 0 Å². The van der Waals surface area contributed by atoms with E-state index in [-0.39, 0.29) is 5.54 Å². The first-order chi connectivity index (χ1) is 8.69. The Kier molecular flexibility index (Phi) is 4.64. The van der Waals surface area contributed by atoms with Gasteiger partial charge in [0.25, 0.3) is 0 Å². The molecular formula is C14H29N3O. The molecule has 1 saturated heterocycles. The third-order valence-corrected chi connectivity index (χ3v) is 5.09. The summed E-state index contributed by atoms with van der Waals surface area (Å²) in [6.45, 7) is 10.0. The minimum absolute atomic E-state index is 0.239. The molecule has 0 aromatic heterocycles. The van der Waals surface area contributed by atoms with E-state index in [0.717, 1.165) is 38.5 Å². The van der Waals surface area contributed by atoms with Crippen molar-refractivity contribution in [1.82, 2.24) is 9.80 Å². The Morgan fingerprint density at radius 3 is 2.50 bits per heavy atom. The maximum absolute atomic E-state index is 6.04. The standard InChI is InChI=1S/C14H29N3O/c1-4-16(5-2)12-6-7-17(10-12)14(11-15)8-13(9-14)18-3/h12-13H,4-11,15H2,1-3H3. The Morgan fingerprint density at radius 1 is 1.33 bits per heavy atom. The van der Waals surface area contributed by atoms with Gasteiger partial charge in [0.15, 0.2) is 0 Å². The molecule has 1 atom stereocenters. The lowest BCUT2D eigenvalue weighted by atomic mass is 9.73. The topological polar surface area (TPSA) is 41.7 Å². The van der Waals surface area contributed by atoms with Crippen LogP contribution >= 0.6 is 0 Å². The molecule has 4 heteroatoms. The van der Waals surface area contributed by atoms with Crippen molar-refractivity contribution in [3.8, 4) is 0 Å². The van der Waals surface area contributed by atoms with Crippen molar-refractivity contribution >= 4 is 0 Å². The largest absolute Gasteiger partial charge is 0.381 e. The van der Waals surface area contributed by atoms with E-state index in [0.29, 0.717) is 6.10 Å². The number of ether oxygens (including phenoxy) is 1. The van der Waals surface area contributed by atoms with Crippen LogP contribution in [-0.4, -0.2) is 67.3 Å². The van der Waals surface area contributed by atoms with Gasteiger partial charge in [-0.25, -0.2) is 0 Å². The fourth-order valence-electron chi connectivity index (χ4n) is 3.72. The molecule has 0 aromatic rings. The predicted octanol–water partition coefficient (Wildman–Crippen LogP) is 0.909. The minimum Gasteiger partial charge on any atom is -0.381 e. The van der Waals surface area contributed by atoms with E-state index in [2.05, 4.69) is 23.6 Å². The highest BCUT2D eigenvalue weighted by molar-refractivity contribution is 5.07. The quantitative estimate of drug-likeness (QED) is 0.766. The third kappa shape index (κ3) is 2.44. The summed E-state index contributed by atoms with van der Waals surface area (Å²) in [5.41, 5.74) is 6.28. The van der Waals surface area contributed by atoms with E-state index in [1.54, 1.807) is 0 Å². The van der Waals surface area contributed by atoms with Crippen molar-refractivity contribution in [3.05, 3.63) is 0 Å². The number of hydrogen-bond acceptors (Lipinski definition) is 4. The molecule has 1 aliphatic heterocycles. The molecular weight excluding hydrogens is 226 g/mol. The van der Waals surface area contributed by atoms with Crippen molar-refractivity contribution in [1.29, 1.82) is 0 Å². The molecule has 18 heavy (non-hydrogen) atoms. The van der Waals surface area contributed by atoms with Crippen molar-refractivity contribution in [3.63, 3.8) is 0 Å². The van der Waals surface area contributed by atoms with Gasteiger partial charge in [-0.2, -0.15) is 0 Å². The van der Waals surface area contributed by atoms with Crippen molar-refractivity contribution < 1.29 is 4.74 Å². The third-order valence-electron chi connectivity index (χ3n) is 5.09. The summed E-state index contributed by atoms with van der Waals surface area (Å²) in [6, 6.07) is 0.727. The van der Waals surface area contributed by atoms with Crippen LogP contribution in [0.1, 0.15) is 33.1 Å². The minimum atomic E-state index is 0.239. The first-order valence-electron chi connectivity index (χ1n) is 7.41. The maximum atomic E-state index is 6.04. The lowest BCUT2D eigenvalue weighted by Crippen LogP contribution is -2.63. The maximum Gasteiger partial charge on any atom is 0.0607 e. The molecule has 106 valence electrons. The van der Waals surface area contributed by atoms with Crippen LogP contribution in [-0.2, 0) is 4.74 Å². The summed E-state index contributed by atoms with van der Waals surface area (Å²) < 4.78 is 5.43. The van der Waals surface area contributed by atoms with Crippen molar-refractivity contribution in [2.24, 2.45) is 5.73 Å². The van der Waals surface area contributed by atoms with Gasteiger partial charge in [0.2, 0.25) is 0 Å². The van der Waals surface area contributed by atoms with Gasteiger partial charge >= 0.3 is 0 Å². The summed E-state index contributed by atoms with van der Waals surface area (Å²) >= 11 is 0. The normalized spacial score (nSPS) is 37.2. The Labute approximate surface area is 111 Å². The monoisotopic (exact) mass is 255 g/mol. The van der Waals surface area contributed by atoms with Gasteiger partial charge in [-0.05, 0) is 32.4 Å². The van der Waals surface area contributed by atoms with Gasteiger partial charge in [0, 0.05) is 38.3 Å². The summed E-state index contributed by atoms with van der Waals surface area (Å²) in [5, 5.41) is 0. The van der Waals surface area contributed by atoms with Gasteiger partial charge in [0.1, 0.15) is 0 Å². The van der Waals surface area contributed by atoms with Crippen LogP contribution in [0.3, 0.4) is 0 Å². The Bertz CT molecular complexity index is 262. The van der Waals surface area contributed by atoms with Crippen LogP contribution in [0, 0.1) is 0 Å². The zero-order valence-corrected chi connectivity index (χ0v) is 12.2. The van der Waals surface area contributed by atoms with Crippen LogP contribution in [0.15, 0.2) is 0 Å². The van der Waals surface area contributed by atoms with Gasteiger partial charge in [0.05, 0.1) is 6.10 Å². The number of likely N-dealkylation sites (tertiary alicyclic amines) is 1. The smallest absolute Gasteiger partial charge is 0.0607 e. The van der Waals surface area contributed by atoms with E-state index >= 15 is 0 Å². The highest BCUT2D eigenvalue weighted by atomic mass is 16.5. The second kappa shape index (κ2) is 5.87. The molecule has 0 radical (unpaired) electrons. The molecule has 2 N–H and O–H groups in total. The zero-order valence-electron chi connectivity index (χ0n) is 12.2. The molecule has 1 heterocycles. The molecule has 2 fully saturated rings. The number of methoxy groups -OCH3 is 1. The van der Waals surface area contributed by atoms with E-state index in [4.69, 9.17) is 10.5 Å². The Morgan fingerprint density at radius 2 is 2.00 bits per heavy atom. The SMILES string of the molecule is CCN(CC)C1CCN(C2(CN)CC(OC)C2)C1. The number of hydrogen-bond donors (Lipinski definition) is 1. The average molecular weight is 255 g/mol. The molecule has 0 spiro atoms. The fourth-order valence-corrected chi connectivity index (χ4v) is 3.72. The molecule has 0 bridgehead atoms. The predicted molar refractivity (Wildman–Crippen MR) is 74.7 cm³/mol. The summed E-state index contributed by atoms with van der Waals surface area (Å²) in [5.74, 6) is 0. The molecule has 1 unspecified atom stereocenters. The Hall–Kier alpha value is -0.160. The van der Waals surface area contributed by atoms with E-state index < -0.39 is 0 Å². The number of rotatable bonds is 6. The zero-order chi connectivity index (χ0) is 13.2. The van der Waals surface area contributed by atoms with Gasteiger partial charge in [-0.15, -0.1) is 0 Å². The molecule has 2 rings (SSSR count). The van der Waals surface area contributed by atoms with Crippen LogP contribution in [0.4, 0.5) is 0 Å². The Balaban J connectivity index is 1.91. The fraction of sp³-hybridized carbons (Fsp3) is 1.00. The van der Waals surface area contributed by atoms with E-state index in [9.17, 15) is 0 Å². The van der Waals surface area contributed by atoms with Crippen LogP contribution < -0.4 is 5.73 Å². The van der Waals surface area contributed by atoms with Gasteiger partial charge in [-0.3, -0.25) is 9.80 Å². The first-order valence-corrected chi connectivity index (χ1v) is 7.41. The molecule has 1 aliphatic carbocycles. The highest BCUT2D eigenvalue weighted by Gasteiger charge is 2.49. The number of nitrogens with two attached hydrogens (primary N) is 1. The van der Waals surface area contributed by atoms with E-state index in [1.165, 1.54) is 19.5 Å². The van der Waals surface area contributed by atoms with Crippen LogP contribution in [0.25, 0.3) is 0 Å².